The highest BCUT2D eigenvalue weighted by molar-refractivity contribution is 7.89. The summed E-state index contributed by atoms with van der Waals surface area (Å²) in [4.78, 5) is 24.1. The fourth-order valence-electron chi connectivity index (χ4n) is 3.67. The number of nitrogens with zero attached hydrogens (tertiary/aromatic N) is 1. The molecule has 0 heterocycles. The molecule has 32 heavy (non-hydrogen) atoms. The van der Waals surface area contributed by atoms with Gasteiger partial charge in [-0.1, -0.05) is 37.5 Å². The third kappa shape index (κ3) is 5.31. The second-order valence-corrected chi connectivity index (χ2v) is 9.50. The molecule has 1 aliphatic carbocycles. The lowest BCUT2D eigenvalue weighted by molar-refractivity contribution is -0.119. The number of ether oxygens (including phenoxy) is 1. The molecule has 0 saturated heterocycles. The highest BCUT2D eigenvalue weighted by Gasteiger charge is 2.31. The largest absolute Gasteiger partial charge is 0.452 e. The number of anilines is 1. The number of rotatable bonds is 7. The van der Waals surface area contributed by atoms with Crippen molar-refractivity contribution >= 4 is 27.6 Å². The van der Waals surface area contributed by atoms with Gasteiger partial charge in [0, 0.05) is 13.1 Å². The third-order valence-electron chi connectivity index (χ3n) is 5.41. The molecule has 7 nitrogen and oxygen atoms in total. The molecule has 0 radical (unpaired) electrons. The molecule has 0 bridgehead atoms. The van der Waals surface area contributed by atoms with Crippen molar-refractivity contribution in [3.8, 4) is 0 Å². The summed E-state index contributed by atoms with van der Waals surface area (Å²) in [6.07, 6.45) is 4.53. The number of amides is 1. The average Bonchev–Trinajstić information content (AvgIpc) is 2.78. The summed E-state index contributed by atoms with van der Waals surface area (Å²) in [5, 5.41) is 2.40. The van der Waals surface area contributed by atoms with Crippen molar-refractivity contribution in [2.24, 2.45) is 0 Å². The van der Waals surface area contributed by atoms with Gasteiger partial charge in [-0.25, -0.2) is 22.0 Å². The number of hydrogen-bond donors (Lipinski definition) is 1. The zero-order valence-corrected chi connectivity index (χ0v) is 18.3. The van der Waals surface area contributed by atoms with E-state index < -0.39 is 45.7 Å². The third-order valence-corrected chi connectivity index (χ3v) is 7.38. The van der Waals surface area contributed by atoms with E-state index in [1.807, 2.05) is 0 Å². The van der Waals surface area contributed by atoms with E-state index in [4.69, 9.17) is 4.74 Å². The Bertz CT molecular complexity index is 1080. The zero-order chi connectivity index (χ0) is 23.3. The van der Waals surface area contributed by atoms with Crippen LogP contribution in [-0.4, -0.2) is 44.3 Å². The Morgan fingerprint density at radius 2 is 1.66 bits per heavy atom. The molecule has 1 saturated carbocycles. The van der Waals surface area contributed by atoms with Crippen LogP contribution in [0.4, 0.5) is 14.5 Å². The van der Waals surface area contributed by atoms with Crippen molar-refractivity contribution in [2.45, 2.75) is 43.0 Å². The highest BCUT2D eigenvalue weighted by Crippen LogP contribution is 2.29. The Morgan fingerprint density at radius 1 is 1.03 bits per heavy atom. The fourth-order valence-corrected chi connectivity index (χ4v) is 5.23. The molecular weight excluding hydrogens is 442 g/mol. The van der Waals surface area contributed by atoms with Gasteiger partial charge in [0.05, 0.1) is 5.69 Å². The second-order valence-electron chi connectivity index (χ2n) is 7.53. The Morgan fingerprint density at radius 3 is 2.31 bits per heavy atom. The normalized spacial score (nSPS) is 14.9. The molecule has 0 unspecified atom stereocenters. The number of benzene rings is 2. The molecule has 172 valence electrons. The number of para-hydroxylation sites is 1. The van der Waals surface area contributed by atoms with E-state index in [1.165, 1.54) is 29.6 Å². The van der Waals surface area contributed by atoms with Crippen LogP contribution in [0.25, 0.3) is 0 Å². The molecule has 2 aromatic rings. The maximum Gasteiger partial charge on any atom is 0.344 e. The molecule has 1 N–H and O–H groups in total. The Labute approximate surface area is 185 Å². The van der Waals surface area contributed by atoms with Crippen LogP contribution < -0.4 is 5.32 Å². The van der Waals surface area contributed by atoms with Gasteiger partial charge < -0.3 is 10.1 Å². The second kappa shape index (κ2) is 10.2. The first-order chi connectivity index (χ1) is 15.2. The van der Waals surface area contributed by atoms with E-state index in [9.17, 15) is 26.8 Å². The summed E-state index contributed by atoms with van der Waals surface area (Å²) >= 11 is 0. The van der Waals surface area contributed by atoms with Gasteiger partial charge in [0.15, 0.2) is 6.61 Å². The number of nitrogens with one attached hydrogen (secondary N) is 1. The van der Waals surface area contributed by atoms with Crippen LogP contribution >= 0.6 is 0 Å². The lowest BCUT2D eigenvalue weighted by Crippen LogP contribution is -2.38. The Balaban J connectivity index is 1.70. The summed E-state index contributed by atoms with van der Waals surface area (Å²) in [6, 6.07) is 8.65. The molecular formula is C22H24F2N2O5S. The molecule has 0 aromatic heterocycles. The van der Waals surface area contributed by atoms with Crippen LogP contribution in [0.2, 0.25) is 0 Å². The number of esters is 1. The SMILES string of the molecule is CN(C1CCCCC1)S(=O)(=O)c1ccccc1NC(=O)COC(=O)c1c(F)cccc1F. The zero-order valence-electron chi connectivity index (χ0n) is 17.5. The molecule has 1 fully saturated rings. The van der Waals surface area contributed by atoms with Gasteiger partial charge in [-0.05, 0) is 37.1 Å². The van der Waals surface area contributed by atoms with Gasteiger partial charge in [0.1, 0.15) is 22.1 Å². The molecule has 1 amide bonds. The molecule has 2 aromatic carbocycles. The van der Waals surface area contributed by atoms with Gasteiger partial charge in [-0.2, -0.15) is 4.31 Å². The summed E-state index contributed by atoms with van der Waals surface area (Å²) < 4.78 is 59.7. The fraction of sp³-hybridized carbons (Fsp3) is 0.364. The van der Waals surface area contributed by atoms with Gasteiger partial charge in [-0.3, -0.25) is 4.79 Å². The van der Waals surface area contributed by atoms with E-state index in [2.05, 4.69) is 5.32 Å². The Hall–Kier alpha value is -2.85. The molecule has 3 rings (SSSR count). The highest BCUT2D eigenvalue weighted by atomic mass is 32.2. The van der Waals surface area contributed by atoms with Crippen molar-refractivity contribution in [1.29, 1.82) is 0 Å². The Kier molecular flexibility index (Phi) is 7.57. The van der Waals surface area contributed by atoms with E-state index in [0.29, 0.717) is 0 Å². The predicted octanol–water partition coefficient (Wildman–Crippen LogP) is 3.71. The van der Waals surface area contributed by atoms with Gasteiger partial charge >= 0.3 is 5.97 Å². The van der Waals surface area contributed by atoms with Crippen LogP contribution in [0.5, 0.6) is 0 Å². The standard InChI is InChI=1S/C22H24F2N2O5S/c1-26(15-8-3-2-4-9-15)32(29,30)19-13-6-5-12-18(19)25-20(27)14-31-22(28)21-16(23)10-7-11-17(21)24/h5-7,10-13,15H,2-4,8-9,14H2,1H3,(H,25,27). The van der Waals surface area contributed by atoms with E-state index in [0.717, 1.165) is 50.3 Å². The smallest absolute Gasteiger partial charge is 0.344 e. The molecule has 0 aliphatic heterocycles. The maximum atomic E-state index is 13.7. The quantitative estimate of drug-likeness (QED) is 0.628. The van der Waals surface area contributed by atoms with E-state index >= 15 is 0 Å². The van der Waals surface area contributed by atoms with Crippen LogP contribution in [0.15, 0.2) is 47.4 Å². The average molecular weight is 467 g/mol. The lowest BCUT2D eigenvalue weighted by atomic mass is 9.96. The topological polar surface area (TPSA) is 92.8 Å². The molecule has 0 spiro atoms. The number of carbonyl (C=O) groups excluding carboxylic acids is 2. The van der Waals surface area contributed by atoms with E-state index in [-0.39, 0.29) is 16.6 Å². The van der Waals surface area contributed by atoms with Crippen LogP contribution in [-0.2, 0) is 19.6 Å². The lowest BCUT2D eigenvalue weighted by Gasteiger charge is -2.30. The van der Waals surface area contributed by atoms with Crippen LogP contribution in [0, 0.1) is 11.6 Å². The van der Waals surface area contributed by atoms with Crippen LogP contribution in [0.1, 0.15) is 42.5 Å². The summed E-state index contributed by atoms with van der Waals surface area (Å²) in [5.74, 6) is -4.41. The van der Waals surface area contributed by atoms with Crippen molar-refractivity contribution in [3.05, 3.63) is 59.7 Å². The van der Waals surface area contributed by atoms with Crippen molar-refractivity contribution < 1.29 is 31.5 Å². The number of halogens is 2. The van der Waals surface area contributed by atoms with Crippen molar-refractivity contribution in [1.82, 2.24) is 4.31 Å². The van der Waals surface area contributed by atoms with Gasteiger partial charge in [0.2, 0.25) is 10.0 Å². The van der Waals surface area contributed by atoms with Crippen LogP contribution in [0.3, 0.4) is 0 Å². The van der Waals surface area contributed by atoms with Crippen molar-refractivity contribution in [3.63, 3.8) is 0 Å². The number of hydrogen-bond acceptors (Lipinski definition) is 5. The monoisotopic (exact) mass is 466 g/mol. The minimum Gasteiger partial charge on any atom is -0.452 e. The molecule has 10 heteroatoms. The van der Waals surface area contributed by atoms with Gasteiger partial charge in [-0.15, -0.1) is 0 Å². The predicted molar refractivity (Wildman–Crippen MR) is 114 cm³/mol. The summed E-state index contributed by atoms with van der Waals surface area (Å²) in [6.45, 7) is -0.848. The molecule has 0 atom stereocenters. The van der Waals surface area contributed by atoms with E-state index in [1.54, 1.807) is 6.07 Å². The minimum absolute atomic E-state index is 0.0216. The molecule has 1 aliphatic rings. The maximum absolute atomic E-state index is 13.7. The number of carbonyl (C=O) groups is 2. The number of sulfonamides is 1. The first kappa shape index (κ1) is 23.8. The summed E-state index contributed by atoms with van der Waals surface area (Å²) in [5.41, 5.74) is -0.884. The first-order valence-corrected chi connectivity index (χ1v) is 11.6. The first-order valence-electron chi connectivity index (χ1n) is 10.2. The van der Waals surface area contributed by atoms with Crippen molar-refractivity contribution in [2.75, 3.05) is 19.0 Å². The minimum atomic E-state index is -3.89. The van der Waals surface area contributed by atoms with Gasteiger partial charge in [0.25, 0.3) is 5.91 Å². The summed E-state index contributed by atoms with van der Waals surface area (Å²) in [7, 11) is -2.37.